The highest BCUT2D eigenvalue weighted by molar-refractivity contribution is 7.80. The Morgan fingerprint density at radius 1 is 1.15 bits per heavy atom. The number of non-ortho nitro benzene ring substituents is 1. The van der Waals surface area contributed by atoms with Crippen LogP contribution in [0.1, 0.15) is 5.56 Å². The number of nitrogens with one attached hydrogen (secondary N) is 1. The van der Waals surface area contributed by atoms with Gasteiger partial charge < -0.3 is 19.9 Å². The molecule has 0 aromatic heterocycles. The molecule has 1 saturated heterocycles. The Hall–Kier alpha value is -2.87. The number of ether oxygens (including phenoxy) is 1. The molecule has 7 nitrogen and oxygen atoms in total. The molecule has 0 aliphatic carbocycles. The van der Waals surface area contributed by atoms with Gasteiger partial charge in [0.25, 0.3) is 5.69 Å². The minimum absolute atomic E-state index is 0.106. The first-order chi connectivity index (χ1) is 13.0. The van der Waals surface area contributed by atoms with Crippen molar-refractivity contribution in [2.24, 2.45) is 0 Å². The molecule has 8 heteroatoms. The van der Waals surface area contributed by atoms with Gasteiger partial charge in [-0.3, -0.25) is 10.1 Å². The summed E-state index contributed by atoms with van der Waals surface area (Å²) < 4.78 is 5.39. The van der Waals surface area contributed by atoms with E-state index >= 15 is 0 Å². The zero-order valence-corrected chi connectivity index (χ0v) is 16.2. The molecule has 0 amide bonds. The summed E-state index contributed by atoms with van der Waals surface area (Å²) in [6, 6.07) is 12.6. The van der Waals surface area contributed by atoms with Gasteiger partial charge in [-0.2, -0.15) is 0 Å². The second-order valence-corrected chi connectivity index (χ2v) is 6.77. The maximum absolute atomic E-state index is 10.8. The summed E-state index contributed by atoms with van der Waals surface area (Å²) in [6.45, 7) is 5.17. The number of hydrogen-bond acceptors (Lipinski definition) is 5. The van der Waals surface area contributed by atoms with Crippen molar-refractivity contribution in [2.45, 2.75) is 6.92 Å². The molecular formula is C19H22N4O3S. The summed E-state index contributed by atoms with van der Waals surface area (Å²) in [5.41, 5.74) is 3.08. The lowest BCUT2D eigenvalue weighted by Crippen LogP contribution is -2.50. The van der Waals surface area contributed by atoms with Gasteiger partial charge in [0.05, 0.1) is 17.7 Å². The Kier molecular flexibility index (Phi) is 5.75. The third kappa shape index (κ3) is 4.46. The van der Waals surface area contributed by atoms with Crippen LogP contribution in [0.15, 0.2) is 42.5 Å². The number of thiocarbonyl (C=S) groups is 1. The molecule has 1 aliphatic rings. The minimum atomic E-state index is -0.384. The second-order valence-electron chi connectivity index (χ2n) is 6.38. The highest BCUT2D eigenvalue weighted by Gasteiger charge is 2.20. The third-order valence-electron chi connectivity index (χ3n) is 4.59. The predicted octanol–water partition coefficient (Wildman–Crippen LogP) is 3.43. The average molecular weight is 386 g/mol. The van der Waals surface area contributed by atoms with Gasteiger partial charge in [0.1, 0.15) is 5.75 Å². The van der Waals surface area contributed by atoms with Gasteiger partial charge in [-0.05, 0) is 49.0 Å². The number of methoxy groups -OCH3 is 1. The number of rotatable bonds is 4. The number of benzene rings is 2. The Morgan fingerprint density at radius 2 is 1.81 bits per heavy atom. The lowest BCUT2D eigenvalue weighted by Gasteiger charge is -2.37. The molecule has 0 atom stereocenters. The Labute approximate surface area is 163 Å². The van der Waals surface area contributed by atoms with E-state index in [1.807, 2.05) is 25.1 Å². The van der Waals surface area contributed by atoms with Gasteiger partial charge in [0, 0.05) is 44.0 Å². The maximum atomic E-state index is 10.8. The van der Waals surface area contributed by atoms with Crippen LogP contribution in [-0.2, 0) is 0 Å². The topological polar surface area (TPSA) is 70.9 Å². The van der Waals surface area contributed by atoms with Crippen molar-refractivity contribution in [3.05, 3.63) is 58.1 Å². The quantitative estimate of drug-likeness (QED) is 0.490. The van der Waals surface area contributed by atoms with Crippen LogP contribution in [0.25, 0.3) is 0 Å². The van der Waals surface area contributed by atoms with Crippen LogP contribution in [0.4, 0.5) is 17.1 Å². The highest BCUT2D eigenvalue weighted by atomic mass is 32.1. The fraction of sp³-hybridized carbons (Fsp3) is 0.316. The van der Waals surface area contributed by atoms with Crippen LogP contribution >= 0.6 is 12.2 Å². The van der Waals surface area contributed by atoms with Gasteiger partial charge in [0.2, 0.25) is 0 Å². The Bertz CT molecular complexity index is 833. The van der Waals surface area contributed by atoms with E-state index in [1.165, 1.54) is 12.1 Å². The fourth-order valence-electron chi connectivity index (χ4n) is 3.07. The zero-order chi connectivity index (χ0) is 19.4. The molecule has 1 aliphatic heterocycles. The first-order valence-corrected chi connectivity index (χ1v) is 9.09. The number of nitro groups is 1. The van der Waals surface area contributed by atoms with Gasteiger partial charge >= 0.3 is 0 Å². The van der Waals surface area contributed by atoms with Crippen LogP contribution in [0.5, 0.6) is 5.75 Å². The van der Waals surface area contributed by atoms with E-state index in [-0.39, 0.29) is 10.6 Å². The normalized spacial score (nSPS) is 14.0. The Balaban J connectivity index is 1.59. The van der Waals surface area contributed by atoms with Gasteiger partial charge in [-0.15, -0.1) is 0 Å². The summed E-state index contributed by atoms with van der Waals surface area (Å²) in [4.78, 5) is 14.7. The SMILES string of the molecule is COc1ccc(C)cc1NC(=S)N1CCN(c2ccc([N+](=O)[O-])cc2)CC1. The predicted molar refractivity (Wildman–Crippen MR) is 111 cm³/mol. The van der Waals surface area contributed by atoms with E-state index in [0.29, 0.717) is 5.11 Å². The van der Waals surface area contributed by atoms with Crippen LogP contribution in [0.3, 0.4) is 0 Å². The number of anilines is 2. The summed E-state index contributed by atoms with van der Waals surface area (Å²) in [5.74, 6) is 0.757. The summed E-state index contributed by atoms with van der Waals surface area (Å²) in [5, 5.41) is 14.7. The molecule has 1 heterocycles. The molecule has 0 saturated carbocycles. The lowest BCUT2D eigenvalue weighted by molar-refractivity contribution is -0.384. The molecule has 0 unspecified atom stereocenters. The van der Waals surface area contributed by atoms with Crippen molar-refractivity contribution in [3.63, 3.8) is 0 Å². The smallest absolute Gasteiger partial charge is 0.269 e. The maximum Gasteiger partial charge on any atom is 0.269 e. The molecule has 27 heavy (non-hydrogen) atoms. The van der Waals surface area contributed by atoms with Crippen molar-refractivity contribution >= 4 is 34.4 Å². The standard InChI is InChI=1S/C19H22N4O3S/c1-14-3-8-18(26-2)17(13-14)20-19(27)22-11-9-21(10-12-22)15-4-6-16(7-5-15)23(24)25/h3-8,13H,9-12H2,1-2H3,(H,20,27). The van der Waals surface area contributed by atoms with Crippen LogP contribution < -0.4 is 15.0 Å². The van der Waals surface area contributed by atoms with Crippen LogP contribution in [0.2, 0.25) is 0 Å². The molecule has 1 N–H and O–H groups in total. The van der Waals surface area contributed by atoms with E-state index < -0.39 is 0 Å². The zero-order valence-electron chi connectivity index (χ0n) is 15.3. The minimum Gasteiger partial charge on any atom is -0.495 e. The average Bonchev–Trinajstić information content (AvgIpc) is 2.68. The van der Waals surface area contributed by atoms with E-state index in [4.69, 9.17) is 17.0 Å². The van der Waals surface area contributed by atoms with E-state index in [2.05, 4.69) is 15.1 Å². The van der Waals surface area contributed by atoms with Gasteiger partial charge in [0.15, 0.2) is 5.11 Å². The van der Waals surface area contributed by atoms with Gasteiger partial charge in [-0.1, -0.05) is 6.07 Å². The van der Waals surface area contributed by atoms with Crippen molar-refractivity contribution in [1.29, 1.82) is 0 Å². The van der Waals surface area contributed by atoms with E-state index in [9.17, 15) is 10.1 Å². The number of piperazine rings is 1. The molecule has 0 spiro atoms. The molecule has 142 valence electrons. The molecule has 3 rings (SSSR count). The number of nitrogens with zero attached hydrogens (tertiary/aromatic N) is 3. The fourth-order valence-corrected chi connectivity index (χ4v) is 3.36. The van der Waals surface area contributed by atoms with Crippen molar-refractivity contribution in [3.8, 4) is 5.75 Å². The van der Waals surface area contributed by atoms with Crippen LogP contribution in [0, 0.1) is 17.0 Å². The summed E-state index contributed by atoms with van der Waals surface area (Å²) in [7, 11) is 1.64. The number of aryl methyl sites for hydroxylation is 1. The summed E-state index contributed by atoms with van der Waals surface area (Å²) in [6.07, 6.45) is 0. The first kappa shape index (κ1) is 18.9. The molecule has 2 aromatic carbocycles. The summed E-state index contributed by atoms with van der Waals surface area (Å²) >= 11 is 5.57. The van der Waals surface area contributed by atoms with Gasteiger partial charge in [-0.25, -0.2) is 0 Å². The van der Waals surface area contributed by atoms with E-state index in [0.717, 1.165) is 48.9 Å². The molecule has 0 bridgehead atoms. The number of nitro benzene ring substituents is 1. The van der Waals surface area contributed by atoms with Crippen LogP contribution in [-0.4, -0.2) is 48.2 Å². The molecular weight excluding hydrogens is 364 g/mol. The second kappa shape index (κ2) is 8.22. The lowest BCUT2D eigenvalue weighted by atomic mass is 10.2. The third-order valence-corrected chi connectivity index (χ3v) is 4.95. The number of hydrogen-bond donors (Lipinski definition) is 1. The molecule has 2 aromatic rings. The molecule has 1 fully saturated rings. The van der Waals surface area contributed by atoms with Crippen molar-refractivity contribution < 1.29 is 9.66 Å². The van der Waals surface area contributed by atoms with Crippen molar-refractivity contribution in [2.75, 3.05) is 43.5 Å². The monoisotopic (exact) mass is 386 g/mol. The first-order valence-electron chi connectivity index (χ1n) is 8.68. The Morgan fingerprint density at radius 3 is 2.41 bits per heavy atom. The molecule has 0 radical (unpaired) electrons. The largest absolute Gasteiger partial charge is 0.495 e. The highest BCUT2D eigenvalue weighted by Crippen LogP contribution is 2.26. The van der Waals surface area contributed by atoms with E-state index in [1.54, 1.807) is 19.2 Å². The van der Waals surface area contributed by atoms with Crippen molar-refractivity contribution in [1.82, 2.24) is 4.90 Å².